The number of carbonyl (C=O) groups excluding carboxylic acids is 1. The number of unbranched alkanes of at least 4 members (excludes halogenated alkanes) is 2. The van der Waals surface area contributed by atoms with Crippen LogP contribution >= 0.6 is 0 Å². The van der Waals surface area contributed by atoms with Crippen molar-refractivity contribution in [2.24, 2.45) is 5.73 Å². The molecule has 0 aliphatic rings. The Bertz CT molecular complexity index is 399. The van der Waals surface area contributed by atoms with Crippen molar-refractivity contribution in [2.75, 3.05) is 6.61 Å². The van der Waals surface area contributed by atoms with E-state index >= 15 is 0 Å². The van der Waals surface area contributed by atoms with Crippen LogP contribution < -0.4 is 10.5 Å². The van der Waals surface area contributed by atoms with Crippen molar-refractivity contribution in [1.82, 2.24) is 0 Å². The first-order valence-corrected chi connectivity index (χ1v) is 6.41. The van der Waals surface area contributed by atoms with Crippen molar-refractivity contribution >= 4 is 5.91 Å². The number of benzene rings is 1. The van der Waals surface area contributed by atoms with Gasteiger partial charge in [-0.2, -0.15) is 0 Å². The molecule has 0 atom stereocenters. The summed E-state index contributed by atoms with van der Waals surface area (Å²) >= 11 is 0. The van der Waals surface area contributed by atoms with E-state index in [1.165, 1.54) is 12.8 Å². The number of amides is 1. The summed E-state index contributed by atoms with van der Waals surface area (Å²) in [6.07, 6.45) is 8.79. The molecule has 0 heterocycles. The summed E-state index contributed by atoms with van der Waals surface area (Å²) in [7, 11) is 0. The maximum Gasteiger partial charge on any atom is 0.248 e. The number of primary amides is 1. The monoisotopic (exact) mass is 247 g/mol. The fourth-order valence-electron chi connectivity index (χ4n) is 1.54. The Hall–Kier alpha value is -1.77. The Balaban J connectivity index is 2.29. The number of allylic oxidation sites excluding steroid dienone is 1. The predicted molar refractivity (Wildman–Crippen MR) is 73.7 cm³/mol. The Morgan fingerprint density at radius 3 is 2.83 bits per heavy atom. The molecule has 0 aliphatic carbocycles. The van der Waals surface area contributed by atoms with E-state index < -0.39 is 5.91 Å². The summed E-state index contributed by atoms with van der Waals surface area (Å²) < 4.78 is 5.54. The first-order valence-electron chi connectivity index (χ1n) is 6.41. The van der Waals surface area contributed by atoms with Gasteiger partial charge in [-0.3, -0.25) is 4.79 Å². The molecule has 0 aliphatic heterocycles. The Kier molecular flexibility index (Phi) is 6.62. The molecular weight excluding hydrogens is 226 g/mol. The van der Waals surface area contributed by atoms with Gasteiger partial charge < -0.3 is 10.5 Å². The lowest BCUT2D eigenvalue weighted by Gasteiger charge is -2.05. The zero-order valence-electron chi connectivity index (χ0n) is 10.9. The molecule has 0 bridgehead atoms. The average molecular weight is 247 g/mol. The minimum atomic E-state index is -0.431. The summed E-state index contributed by atoms with van der Waals surface area (Å²) in [5, 5.41) is 0. The van der Waals surface area contributed by atoms with Crippen LogP contribution in [0.25, 0.3) is 0 Å². The number of ether oxygens (including phenoxy) is 1. The van der Waals surface area contributed by atoms with Gasteiger partial charge in [0.15, 0.2) is 0 Å². The van der Waals surface area contributed by atoms with Gasteiger partial charge in [-0.25, -0.2) is 0 Å². The lowest BCUT2D eigenvalue weighted by molar-refractivity contribution is 0.1000. The second-order valence-electron chi connectivity index (χ2n) is 4.14. The average Bonchev–Trinajstić information content (AvgIpc) is 2.38. The highest BCUT2D eigenvalue weighted by Crippen LogP contribution is 2.13. The van der Waals surface area contributed by atoms with E-state index in [2.05, 4.69) is 19.1 Å². The van der Waals surface area contributed by atoms with E-state index in [1.807, 2.05) is 6.07 Å². The summed E-state index contributed by atoms with van der Waals surface area (Å²) in [5.74, 6) is 0.258. The van der Waals surface area contributed by atoms with Crippen LogP contribution in [-0.4, -0.2) is 12.5 Å². The minimum Gasteiger partial charge on any atom is -0.493 e. The van der Waals surface area contributed by atoms with Gasteiger partial charge in [0.25, 0.3) is 0 Å². The number of hydrogen-bond acceptors (Lipinski definition) is 2. The van der Waals surface area contributed by atoms with Gasteiger partial charge in [-0.1, -0.05) is 38.0 Å². The number of carbonyl (C=O) groups is 1. The SMILES string of the molecule is CCCCC=CCCOc1cccc(C(N)=O)c1. The van der Waals surface area contributed by atoms with Crippen molar-refractivity contribution in [3.8, 4) is 5.75 Å². The minimum absolute atomic E-state index is 0.431. The third-order valence-electron chi connectivity index (χ3n) is 2.56. The maximum absolute atomic E-state index is 11.0. The molecule has 1 aromatic carbocycles. The molecule has 1 amide bonds. The van der Waals surface area contributed by atoms with E-state index in [0.29, 0.717) is 17.9 Å². The number of nitrogens with two attached hydrogens (primary N) is 1. The van der Waals surface area contributed by atoms with Crippen molar-refractivity contribution < 1.29 is 9.53 Å². The molecule has 0 fully saturated rings. The molecule has 18 heavy (non-hydrogen) atoms. The first-order chi connectivity index (χ1) is 8.74. The second kappa shape index (κ2) is 8.34. The number of hydrogen-bond donors (Lipinski definition) is 1. The van der Waals surface area contributed by atoms with Crippen molar-refractivity contribution in [3.63, 3.8) is 0 Å². The zero-order chi connectivity index (χ0) is 13.2. The third kappa shape index (κ3) is 5.53. The largest absolute Gasteiger partial charge is 0.493 e. The second-order valence-corrected chi connectivity index (χ2v) is 4.14. The van der Waals surface area contributed by atoms with Gasteiger partial charge in [0.05, 0.1) is 6.61 Å². The van der Waals surface area contributed by atoms with E-state index in [4.69, 9.17) is 10.5 Å². The molecule has 0 aromatic heterocycles. The van der Waals surface area contributed by atoms with Crippen LogP contribution in [0.3, 0.4) is 0 Å². The Morgan fingerprint density at radius 2 is 2.11 bits per heavy atom. The quantitative estimate of drug-likeness (QED) is 0.566. The van der Waals surface area contributed by atoms with Crippen molar-refractivity contribution in [3.05, 3.63) is 42.0 Å². The van der Waals surface area contributed by atoms with Crippen LogP contribution in [0.15, 0.2) is 36.4 Å². The molecule has 1 rings (SSSR count). The highest BCUT2D eigenvalue weighted by Gasteiger charge is 2.01. The summed E-state index contributed by atoms with van der Waals surface area (Å²) in [4.78, 5) is 11.0. The van der Waals surface area contributed by atoms with Crippen LogP contribution in [0.5, 0.6) is 5.75 Å². The van der Waals surface area contributed by atoms with Gasteiger partial charge in [-0.15, -0.1) is 0 Å². The van der Waals surface area contributed by atoms with E-state index in [-0.39, 0.29) is 0 Å². The van der Waals surface area contributed by atoms with Crippen molar-refractivity contribution in [1.29, 1.82) is 0 Å². The fraction of sp³-hybridized carbons (Fsp3) is 0.400. The van der Waals surface area contributed by atoms with Gasteiger partial charge in [0.1, 0.15) is 5.75 Å². The zero-order valence-corrected chi connectivity index (χ0v) is 10.9. The van der Waals surface area contributed by atoms with Crippen LogP contribution in [0.1, 0.15) is 43.0 Å². The van der Waals surface area contributed by atoms with E-state index in [9.17, 15) is 4.79 Å². The fourth-order valence-corrected chi connectivity index (χ4v) is 1.54. The Labute approximate surface area is 109 Å². The summed E-state index contributed by atoms with van der Waals surface area (Å²) in [6.45, 7) is 2.80. The molecule has 0 spiro atoms. The predicted octanol–water partition coefficient (Wildman–Crippen LogP) is 3.30. The molecular formula is C15H21NO2. The van der Waals surface area contributed by atoms with E-state index in [1.54, 1.807) is 18.2 Å². The molecule has 3 heteroatoms. The van der Waals surface area contributed by atoms with Gasteiger partial charge >= 0.3 is 0 Å². The molecule has 0 saturated heterocycles. The molecule has 0 radical (unpaired) electrons. The van der Waals surface area contributed by atoms with Crippen LogP contribution in [-0.2, 0) is 0 Å². The molecule has 2 N–H and O–H groups in total. The summed E-state index contributed by atoms with van der Waals surface area (Å²) in [6, 6.07) is 6.95. The molecule has 98 valence electrons. The first kappa shape index (κ1) is 14.3. The van der Waals surface area contributed by atoms with Crippen LogP contribution in [0.2, 0.25) is 0 Å². The molecule has 3 nitrogen and oxygen atoms in total. The van der Waals surface area contributed by atoms with Gasteiger partial charge in [0, 0.05) is 5.56 Å². The lowest BCUT2D eigenvalue weighted by atomic mass is 10.2. The van der Waals surface area contributed by atoms with E-state index in [0.717, 1.165) is 12.8 Å². The van der Waals surface area contributed by atoms with Gasteiger partial charge in [-0.05, 0) is 31.0 Å². The highest BCUT2D eigenvalue weighted by molar-refractivity contribution is 5.93. The summed E-state index contributed by atoms with van der Waals surface area (Å²) in [5.41, 5.74) is 5.68. The van der Waals surface area contributed by atoms with Crippen LogP contribution in [0.4, 0.5) is 0 Å². The molecule has 0 unspecified atom stereocenters. The number of rotatable bonds is 8. The highest BCUT2D eigenvalue weighted by atomic mass is 16.5. The topological polar surface area (TPSA) is 52.3 Å². The molecule has 1 aromatic rings. The van der Waals surface area contributed by atoms with Crippen LogP contribution in [0, 0.1) is 0 Å². The smallest absolute Gasteiger partial charge is 0.248 e. The van der Waals surface area contributed by atoms with Crippen molar-refractivity contribution in [2.45, 2.75) is 32.6 Å². The normalized spacial score (nSPS) is 10.7. The standard InChI is InChI=1S/C15H21NO2/c1-2-3-4-5-6-7-11-18-14-10-8-9-13(12-14)15(16)17/h5-6,8-10,12H,2-4,7,11H2,1H3,(H2,16,17). The Morgan fingerprint density at radius 1 is 1.33 bits per heavy atom. The maximum atomic E-state index is 11.0. The lowest BCUT2D eigenvalue weighted by Crippen LogP contribution is -2.10. The third-order valence-corrected chi connectivity index (χ3v) is 2.56. The van der Waals surface area contributed by atoms with Gasteiger partial charge in [0.2, 0.25) is 5.91 Å². The molecule has 0 saturated carbocycles.